The van der Waals surface area contributed by atoms with Gasteiger partial charge in [0.05, 0.1) is 10.8 Å². The van der Waals surface area contributed by atoms with E-state index in [4.69, 9.17) is 8.83 Å². The number of rotatable bonds is 0. The Morgan fingerprint density at radius 1 is 0.450 bits per heavy atom. The normalized spacial score (nSPS) is 10.0. The molecule has 0 bridgehead atoms. The molecule has 0 aliphatic rings. The molecule has 4 rings (SSSR count). The topological polar surface area (TPSA) is 22.6 Å². The molecule has 20 heavy (non-hydrogen) atoms. The van der Waals surface area contributed by atoms with Gasteiger partial charge in [-0.2, -0.15) is 0 Å². The van der Waals surface area contributed by atoms with Gasteiger partial charge in [0, 0.05) is 24.3 Å². The summed E-state index contributed by atoms with van der Waals surface area (Å²) in [5, 5.41) is 2.29. The maximum Gasteiger partial charge on any atom is 0.359 e. The molecule has 0 atom stereocenters. The Bertz CT molecular complexity index is 623. The Morgan fingerprint density at radius 2 is 0.850 bits per heavy atom. The SMILES string of the molecule is c1ccc2[o+]cccc2c1.c1ccc2[o+]cccc2c1. The third-order valence-electron chi connectivity index (χ3n) is 2.94. The Balaban J connectivity index is 0.000000121. The lowest BCUT2D eigenvalue weighted by Gasteiger charge is -1.81. The van der Waals surface area contributed by atoms with E-state index in [0.29, 0.717) is 0 Å². The van der Waals surface area contributed by atoms with Crippen LogP contribution in [0.1, 0.15) is 0 Å². The highest BCUT2D eigenvalue weighted by molar-refractivity contribution is 5.76. The molecule has 96 valence electrons. The second kappa shape index (κ2) is 5.93. The van der Waals surface area contributed by atoms with Crippen LogP contribution in [0.15, 0.2) is 94.2 Å². The quantitative estimate of drug-likeness (QED) is 0.394. The van der Waals surface area contributed by atoms with Gasteiger partial charge in [-0.1, -0.05) is 24.3 Å². The molecule has 0 aliphatic carbocycles. The molecule has 0 saturated heterocycles. The van der Waals surface area contributed by atoms with Crippen molar-refractivity contribution < 1.29 is 8.83 Å². The zero-order chi connectivity index (χ0) is 13.6. The molecule has 2 heteroatoms. The highest BCUT2D eigenvalue weighted by Gasteiger charge is 1.99. The molecule has 2 aromatic carbocycles. The first kappa shape index (κ1) is 12.3. The second-order valence-corrected chi connectivity index (χ2v) is 4.30. The van der Waals surface area contributed by atoms with Crippen LogP contribution in [-0.4, -0.2) is 0 Å². The number of para-hydroxylation sites is 2. The molecule has 2 nitrogen and oxygen atoms in total. The fraction of sp³-hybridized carbons (Fsp3) is 0. The molecular formula is C18H14O2+2. The van der Waals surface area contributed by atoms with Crippen molar-refractivity contribution in [1.82, 2.24) is 0 Å². The average Bonchev–Trinajstić information content (AvgIpc) is 2.56. The van der Waals surface area contributed by atoms with Crippen molar-refractivity contribution in [2.45, 2.75) is 0 Å². The van der Waals surface area contributed by atoms with Crippen molar-refractivity contribution in [1.29, 1.82) is 0 Å². The summed E-state index contributed by atoms with van der Waals surface area (Å²) in [4.78, 5) is 0. The summed E-state index contributed by atoms with van der Waals surface area (Å²) in [6.07, 6.45) is 3.37. The van der Waals surface area contributed by atoms with Gasteiger partial charge in [0.15, 0.2) is 0 Å². The first-order chi connectivity index (χ1) is 9.93. The van der Waals surface area contributed by atoms with Crippen molar-refractivity contribution in [3.05, 3.63) is 85.3 Å². The number of benzene rings is 2. The average molecular weight is 262 g/mol. The lowest BCUT2D eigenvalue weighted by molar-refractivity contribution is 0.603. The van der Waals surface area contributed by atoms with Crippen LogP contribution in [0, 0.1) is 0 Å². The molecule has 2 heterocycles. The molecule has 0 radical (unpaired) electrons. The molecule has 2 aromatic heterocycles. The summed E-state index contributed by atoms with van der Waals surface area (Å²) in [5.74, 6) is 0. The highest BCUT2D eigenvalue weighted by atomic mass is 16.3. The fourth-order valence-corrected chi connectivity index (χ4v) is 1.96. The van der Waals surface area contributed by atoms with E-state index in [2.05, 4.69) is 0 Å². The van der Waals surface area contributed by atoms with Gasteiger partial charge in [-0.3, -0.25) is 0 Å². The summed E-state index contributed by atoms with van der Waals surface area (Å²) in [7, 11) is 0. The second-order valence-electron chi connectivity index (χ2n) is 4.30. The minimum Gasteiger partial charge on any atom is -0.216 e. The van der Waals surface area contributed by atoms with Gasteiger partial charge >= 0.3 is 23.7 Å². The number of fused-ring (bicyclic) bond motifs is 2. The summed E-state index contributed by atoms with van der Waals surface area (Å²) >= 11 is 0. The molecule has 0 unspecified atom stereocenters. The van der Waals surface area contributed by atoms with Crippen LogP contribution in [0.25, 0.3) is 21.9 Å². The van der Waals surface area contributed by atoms with Crippen molar-refractivity contribution in [2.75, 3.05) is 0 Å². The van der Waals surface area contributed by atoms with Crippen molar-refractivity contribution in [3.8, 4) is 0 Å². The zero-order valence-electron chi connectivity index (χ0n) is 10.9. The molecule has 0 amide bonds. The van der Waals surface area contributed by atoms with Crippen LogP contribution >= 0.6 is 0 Å². The number of hydrogen-bond acceptors (Lipinski definition) is 0. The van der Waals surface area contributed by atoms with E-state index in [-0.39, 0.29) is 0 Å². The molecule has 0 saturated carbocycles. The smallest absolute Gasteiger partial charge is 0.216 e. The van der Waals surface area contributed by atoms with E-state index in [1.807, 2.05) is 72.8 Å². The molecule has 0 spiro atoms. The first-order valence-corrected chi connectivity index (χ1v) is 6.45. The lowest BCUT2D eigenvalue weighted by atomic mass is 10.2. The molecule has 4 aromatic rings. The van der Waals surface area contributed by atoms with E-state index in [0.717, 1.165) is 21.9 Å². The summed E-state index contributed by atoms with van der Waals surface area (Å²) in [6.45, 7) is 0. The minimum atomic E-state index is 0.935. The monoisotopic (exact) mass is 262 g/mol. The van der Waals surface area contributed by atoms with E-state index in [9.17, 15) is 0 Å². The van der Waals surface area contributed by atoms with Crippen molar-refractivity contribution in [2.24, 2.45) is 0 Å². The Kier molecular flexibility index (Phi) is 3.65. The van der Waals surface area contributed by atoms with Crippen molar-refractivity contribution in [3.63, 3.8) is 0 Å². The van der Waals surface area contributed by atoms with Gasteiger partial charge in [-0.25, -0.2) is 8.83 Å². The molecular weight excluding hydrogens is 248 g/mol. The summed E-state index contributed by atoms with van der Waals surface area (Å²) in [5.41, 5.74) is 1.87. The van der Waals surface area contributed by atoms with Gasteiger partial charge in [-0.05, 0) is 24.3 Å². The molecule has 0 N–H and O–H groups in total. The Hall–Kier alpha value is -2.74. The van der Waals surface area contributed by atoms with Crippen LogP contribution < -0.4 is 0 Å². The Labute approximate surface area is 116 Å². The van der Waals surface area contributed by atoms with E-state index in [1.54, 1.807) is 12.5 Å². The van der Waals surface area contributed by atoms with Gasteiger partial charge in [0.2, 0.25) is 0 Å². The van der Waals surface area contributed by atoms with Crippen LogP contribution in [0.4, 0.5) is 0 Å². The van der Waals surface area contributed by atoms with Crippen molar-refractivity contribution >= 4 is 21.9 Å². The van der Waals surface area contributed by atoms with Gasteiger partial charge in [-0.15, -0.1) is 0 Å². The lowest BCUT2D eigenvalue weighted by Crippen LogP contribution is -1.67. The zero-order valence-corrected chi connectivity index (χ0v) is 10.9. The van der Waals surface area contributed by atoms with Crippen LogP contribution in [0.2, 0.25) is 0 Å². The van der Waals surface area contributed by atoms with Crippen LogP contribution in [0.5, 0.6) is 0 Å². The van der Waals surface area contributed by atoms with Crippen LogP contribution in [0.3, 0.4) is 0 Å². The molecule has 0 aliphatic heterocycles. The Morgan fingerprint density at radius 3 is 1.30 bits per heavy atom. The summed E-state index contributed by atoms with van der Waals surface area (Å²) < 4.78 is 10.4. The third-order valence-corrected chi connectivity index (χ3v) is 2.94. The fourth-order valence-electron chi connectivity index (χ4n) is 1.96. The largest absolute Gasteiger partial charge is 0.359 e. The predicted molar refractivity (Wildman–Crippen MR) is 81.2 cm³/mol. The number of hydrogen-bond donors (Lipinski definition) is 0. The molecule has 0 fully saturated rings. The predicted octanol–water partition coefficient (Wildman–Crippen LogP) is 5.43. The minimum absolute atomic E-state index is 0.935. The third kappa shape index (κ3) is 2.81. The summed E-state index contributed by atoms with van der Waals surface area (Å²) in [6, 6.07) is 23.7. The van der Waals surface area contributed by atoms with E-state index in [1.165, 1.54) is 0 Å². The van der Waals surface area contributed by atoms with E-state index < -0.39 is 0 Å². The van der Waals surface area contributed by atoms with Gasteiger partial charge in [0.1, 0.15) is 0 Å². The van der Waals surface area contributed by atoms with Gasteiger partial charge < -0.3 is 0 Å². The maximum absolute atomic E-state index is 5.21. The van der Waals surface area contributed by atoms with E-state index >= 15 is 0 Å². The van der Waals surface area contributed by atoms with Crippen LogP contribution in [-0.2, 0) is 0 Å². The highest BCUT2D eigenvalue weighted by Crippen LogP contribution is 2.11. The standard InChI is InChI=1S/2C9H7O/c2*1-2-6-9-8(4-1)5-3-7-10-9/h2*1-7H/q2*+1. The maximum atomic E-state index is 5.21. The first-order valence-electron chi connectivity index (χ1n) is 6.45. The van der Waals surface area contributed by atoms with Gasteiger partial charge in [0.25, 0.3) is 0 Å².